The van der Waals surface area contributed by atoms with Crippen molar-refractivity contribution in [1.82, 2.24) is 4.13 Å². The fraction of sp³-hybridized carbons (Fsp3) is 0.538. The topological polar surface area (TPSA) is 80.3 Å². The molecule has 0 radical (unpaired) electrons. The molecule has 0 aromatic heterocycles. The lowest BCUT2D eigenvalue weighted by Crippen LogP contribution is -2.39. The quantitative estimate of drug-likeness (QED) is 0.897. The van der Waals surface area contributed by atoms with Crippen LogP contribution >= 0.6 is 0 Å². The summed E-state index contributed by atoms with van der Waals surface area (Å²) in [6.07, 6.45) is 3.77. The van der Waals surface area contributed by atoms with Crippen molar-refractivity contribution < 1.29 is 16.8 Å². The highest BCUT2D eigenvalue weighted by molar-refractivity contribution is 8.04. The van der Waals surface area contributed by atoms with Gasteiger partial charge in [0.1, 0.15) is 0 Å². The first-order chi connectivity index (χ1) is 9.39. The van der Waals surface area contributed by atoms with E-state index >= 15 is 0 Å². The summed E-state index contributed by atoms with van der Waals surface area (Å²) in [5.74, 6) is -0.320. The number of rotatable bonds is 5. The molecule has 0 saturated heterocycles. The molecule has 5 nitrogen and oxygen atoms in total. The molecule has 0 amide bonds. The second kappa shape index (κ2) is 6.24. The second-order valence-corrected chi connectivity index (χ2v) is 9.07. The van der Waals surface area contributed by atoms with E-state index in [-0.39, 0.29) is 5.75 Å². The molecule has 1 aliphatic rings. The maximum Gasteiger partial charge on any atom is 0.228 e. The van der Waals surface area contributed by atoms with E-state index in [1.807, 2.05) is 4.13 Å². The first-order valence-electron chi connectivity index (χ1n) is 6.68. The van der Waals surface area contributed by atoms with Crippen LogP contribution < -0.4 is 4.13 Å². The Balaban J connectivity index is 2.07. The zero-order chi connectivity index (χ0) is 14.6. The van der Waals surface area contributed by atoms with Gasteiger partial charge in [-0.3, -0.25) is 0 Å². The molecule has 1 aromatic rings. The molecular formula is C13H19NO4S2. The average Bonchev–Trinajstić information content (AvgIpc) is 2.39. The molecule has 1 aromatic carbocycles. The van der Waals surface area contributed by atoms with E-state index in [2.05, 4.69) is 0 Å². The molecule has 0 atom stereocenters. The molecule has 0 spiro atoms. The van der Waals surface area contributed by atoms with Gasteiger partial charge in [-0.25, -0.2) is 16.8 Å². The molecule has 0 bridgehead atoms. The normalized spacial score (nSPS) is 18.0. The Bertz CT molecular complexity index is 632. The lowest BCUT2D eigenvalue weighted by Gasteiger charge is -2.21. The van der Waals surface area contributed by atoms with Crippen molar-refractivity contribution in [2.75, 3.05) is 0 Å². The molecule has 1 N–H and O–H groups in total. The molecule has 7 heteroatoms. The molecule has 0 unspecified atom stereocenters. The maximum absolute atomic E-state index is 12.1. The Labute approximate surface area is 120 Å². The largest absolute Gasteiger partial charge is 0.228 e. The summed E-state index contributed by atoms with van der Waals surface area (Å²) in [7, 11) is -7.68. The fourth-order valence-electron chi connectivity index (χ4n) is 2.44. The van der Waals surface area contributed by atoms with E-state index in [9.17, 15) is 16.8 Å². The molecule has 1 saturated carbocycles. The smallest absolute Gasteiger partial charge is 0.211 e. The van der Waals surface area contributed by atoms with Crippen molar-refractivity contribution in [1.29, 1.82) is 0 Å². The highest BCUT2D eigenvalue weighted by Crippen LogP contribution is 2.23. The van der Waals surface area contributed by atoms with Crippen LogP contribution in [0.2, 0.25) is 0 Å². The third-order valence-electron chi connectivity index (χ3n) is 3.43. The van der Waals surface area contributed by atoms with Crippen LogP contribution in [0.15, 0.2) is 30.3 Å². The molecule has 20 heavy (non-hydrogen) atoms. The molecule has 1 fully saturated rings. The summed E-state index contributed by atoms with van der Waals surface area (Å²) in [6, 6.07) is 8.54. The predicted octanol–water partition coefficient (Wildman–Crippen LogP) is 1.77. The molecule has 0 heterocycles. The maximum atomic E-state index is 12.1. The van der Waals surface area contributed by atoms with Crippen LogP contribution in [0.3, 0.4) is 0 Å². The number of sulfonamides is 2. The van der Waals surface area contributed by atoms with Crippen LogP contribution in [0, 0.1) is 0 Å². The number of hydrogen-bond acceptors (Lipinski definition) is 4. The summed E-state index contributed by atoms with van der Waals surface area (Å²) in [5, 5.41) is -0.582. The molecule has 0 aliphatic heterocycles. The van der Waals surface area contributed by atoms with Crippen LogP contribution in [-0.4, -0.2) is 22.1 Å². The zero-order valence-electron chi connectivity index (χ0n) is 11.2. The van der Waals surface area contributed by atoms with Gasteiger partial charge in [0.05, 0.1) is 11.0 Å². The minimum atomic E-state index is -3.88. The predicted molar refractivity (Wildman–Crippen MR) is 78.0 cm³/mol. The number of hydrogen-bond donors (Lipinski definition) is 1. The lowest BCUT2D eigenvalue weighted by molar-refractivity contribution is 0.481. The van der Waals surface area contributed by atoms with Crippen molar-refractivity contribution >= 4 is 20.0 Å². The summed E-state index contributed by atoms with van der Waals surface area (Å²) in [6.45, 7) is 0. The number of nitrogens with one attached hydrogen (secondary N) is 1. The monoisotopic (exact) mass is 317 g/mol. The Kier molecular flexibility index (Phi) is 4.82. The van der Waals surface area contributed by atoms with Gasteiger partial charge in [-0.15, -0.1) is 4.13 Å². The van der Waals surface area contributed by atoms with Gasteiger partial charge in [0.2, 0.25) is 20.0 Å². The van der Waals surface area contributed by atoms with E-state index < -0.39 is 25.3 Å². The molecule has 2 rings (SSSR count). The Morgan fingerprint density at radius 1 is 0.950 bits per heavy atom. The standard InChI is InChI=1S/C13H19NO4S2/c15-19(16,11-12-7-3-1-4-8-12)14-20(17,18)13-9-5-2-6-10-13/h1,3-4,7-8,13-14H,2,5-6,9-11H2. The summed E-state index contributed by atoms with van der Waals surface area (Å²) >= 11 is 0. The zero-order valence-corrected chi connectivity index (χ0v) is 12.8. The SMILES string of the molecule is O=S(=O)(Cc1ccccc1)NS(=O)(=O)C1CCCCC1. The summed E-state index contributed by atoms with van der Waals surface area (Å²) in [5.41, 5.74) is 0.568. The van der Waals surface area contributed by atoms with Gasteiger partial charge in [0.15, 0.2) is 0 Å². The fourth-order valence-corrected chi connectivity index (χ4v) is 6.22. The first-order valence-corrected chi connectivity index (χ1v) is 9.88. The van der Waals surface area contributed by atoms with E-state index in [4.69, 9.17) is 0 Å². The van der Waals surface area contributed by atoms with Crippen LogP contribution in [0.5, 0.6) is 0 Å². The van der Waals surface area contributed by atoms with Crippen LogP contribution in [0.25, 0.3) is 0 Å². The van der Waals surface area contributed by atoms with Crippen LogP contribution in [-0.2, 0) is 25.8 Å². The molecular weight excluding hydrogens is 298 g/mol. The Morgan fingerprint density at radius 2 is 1.55 bits per heavy atom. The Hall–Kier alpha value is -0.920. The molecule has 112 valence electrons. The van der Waals surface area contributed by atoms with Crippen LogP contribution in [0.4, 0.5) is 0 Å². The average molecular weight is 317 g/mol. The van der Waals surface area contributed by atoms with Gasteiger partial charge in [-0.2, -0.15) is 0 Å². The highest BCUT2D eigenvalue weighted by Gasteiger charge is 2.31. The minimum Gasteiger partial charge on any atom is -0.211 e. The van der Waals surface area contributed by atoms with Gasteiger partial charge >= 0.3 is 0 Å². The second-order valence-electron chi connectivity index (χ2n) is 5.13. The van der Waals surface area contributed by atoms with Crippen molar-refractivity contribution in [2.24, 2.45) is 0 Å². The van der Waals surface area contributed by atoms with Crippen molar-refractivity contribution in [3.05, 3.63) is 35.9 Å². The Morgan fingerprint density at radius 3 is 2.15 bits per heavy atom. The van der Waals surface area contributed by atoms with Crippen LogP contribution in [0.1, 0.15) is 37.7 Å². The van der Waals surface area contributed by atoms with Gasteiger partial charge in [-0.05, 0) is 18.4 Å². The van der Waals surface area contributed by atoms with Crippen molar-refractivity contribution in [2.45, 2.75) is 43.1 Å². The number of benzene rings is 1. The van der Waals surface area contributed by atoms with E-state index in [1.165, 1.54) is 0 Å². The third kappa shape index (κ3) is 4.29. The van der Waals surface area contributed by atoms with Crippen molar-refractivity contribution in [3.63, 3.8) is 0 Å². The first kappa shape index (κ1) is 15.5. The highest BCUT2D eigenvalue weighted by atomic mass is 32.3. The van der Waals surface area contributed by atoms with Gasteiger partial charge < -0.3 is 0 Å². The minimum absolute atomic E-state index is 0.320. The van der Waals surface area contributed by atoms with Gasteiger partial charge in [-0.1, -0.05) is 49.6 Å². The summed E-state index contributed by atoms with van der Waals surface area (Å²) in [4.78, 5) is 0. The van der Waals surface area contributed by atoms with Gasteiger partial charge in [0, 0.05) is 0 Å². The molecule has 1 aliphatic carbocycles. The third-order valence-corrected chi connectivity index (χ3v) is 7.44. The van der Waals surface area contributed by atoms with Gasteiger partial charge in [0.25, 0.3) is 0 Å². The van der Waals surface area contributed by atoms with E-state index in [0.717, 1.165) is 19.3 Å². The lowest BCUT2D eigenvalue weighted by atomic mass is 10.0. The van der Waals surface area contributed by atoms with E-state index in [1.54, 1.807) is 30.3 Å². The summed E-state index contributed by atoms with van der Waals surface area (Å²) < 4.78 is 50.0. The van der Waals surface area contributed by atoms with Crippen molar-refractivity contribution in [3.8, 4) is 0 Å². The van der Waals surface area contributed by atoms with E-state index in [0.29, 0.717) is 18.4 Å².